The van der Waals surface area contributed by atoms with Crippen LogP contribution in [-0.4, -0.2) is 30.5 Å². The van der Waals surface area contributed by atoms with Gasteiger partial charge in [0.2, 0.25) is 5.91 Å². The molecule has 2 aliphatic rings. The van der Waals surface area contributed by atoms with E-state index in [1.54, 1.807) is 12.1 Å². The Morgan fingerprint density at radius 3 is 2.52 bits per heavy atom. The smallest absolute Gasteiger partial charge is 0.225 e. The minimum Gasteiger partial charge on any atom is -0.503 e. The number of hydrogen-bond acceptors (Lipinski definition) is 5. The molecule has 31 heavy (non-hydrogen) atoms. The lowest BCUT2D eigenvalue weighted by molar-refractivity contribution is -0.122. The van der Waals surface area contributed by atoms with E-state index in [0.29, 0.717) is 40.9 Å². The highest BCUT2D eigenvalue weighted by molar-refractivity contribution is 9.10. The van der Waals surface area contributed by atoms with Crippen LogP contribution in [0.15, 0.2) is 52.1 Å². The van der Waals surface area contributed by atoms with Crippen molar-refractivity contribution in [3.8, 4) is 17.2 Å². The molecule has 0 fully saturated rings. The van der Waals surface area contributed by atoms with Crippen LogP contribution in [0.5, 0.6) is 17.2 Å². The molecule has 2 atom stereocenters. The summed E-state index contributed by atoms with van der Waals surface area (Å²) in [6.45, 7) is 2.54. The van der Waals surface area contributed by atoms with Crippen molar-refractivity contribution < 1.29 is 24.2 Å². The van der Waals surface area contributed by atoms with Gasteiger partial charge in [-0.2, -0.15) is 0 Å². The van der Waals surface area contributed by atoms with Gasteiger partial charge in [0, 0.05) is 30.0 Å². The van der Waals surface area contributed by atoms with E-state index in [0.717, 1.165) is 16.9 Å². The quantitative estimate of drug-likeness (QED) is 0.647. The van der Waals surface area contributed by atoms with Crippen LogP contribution >= 0.6 is 15.9 Å². The predicted molar refractivity (Wildman–Crippen MR) is 119 cm³/mol. The maximum atomic E-state index is 13.3. The summed E-state index contributed by atoms with van der Waals surface area (Å²) in [7, 11) is 1.47. The van der Waals surface area contributed by atoms with Gasteiger partial charge in [-0.3, -0.25) is 9.59 Å². The van der Waals surface area contributed by atoms with Gasteiger partial charge in [-0.1, -0.05) is 12.1 Å². The Kier molecular flexibility index (Phi) is 6.05. The number of amides is 1. The number of benzene rings is 2. The topological polar surface area (TPSA) is 84.9 Å². The van der Waals surface area contributed by atoms with E-state index in [-0.39, 0.29) is 35.7 Å². The first kappa shape index (κ1) is 21.4. The summed E-state index contributed by atoms with van der Waals surface area (Å²) in [6.07, 6.45) is 1.15. The van der Waals surface area contributed by atoms with Gasteiger partial charge in [0.1, 0.15) is 5.75 Å². The first-order valence-electron chi connectivity index (χ1n) is 10.3. The molecule has 0 bridgehead atoms. The van der Waals surface area contributed by atoms with E-state index in [2.05, 4.69) is 21.2 Å². The Balaban J connectivity index is 1.68. The molecule has 0 saturated heterocycles. The zero-order valence-corrected chi connectivity index (χ0v) is 19.0. The fraction of sp³-hybridized carbons (Fsp3) is 0.333. The number of carbonyl (C=O) groups is 2. The Morgan fingerprint density at radius 2 is 1.84 bits per heavy atom. The number of phenolic OH excluding ortho intramolecular Hbond substituents is 1. The van der Waals surface area contributed by atoms with Gasteiger partial charge in [-0.25, -0.2) is 0 Å². The Bertz CT molecular complexity index is 1060. The van der Waals surface area contributed by atoms with Crippen LogP contribution in [0.2, 0.25) is 0 Å². The summed E-state index contributed by atoms with van der Waals surface area (Å²) < 4.78 is 11.2. The molecule has 0 spiro atoms. The van der Waals surface area contributed by atoms with E-state index >= 15 is 0 Å². The van der Waals surface area contributed by atoms with Crippen LogP contribution in [0.4, 0.5) is 0 Å². The van der Waals surface area contributed by atoms with Crippen LogP contribution in [0, 0.1) is 0 Å². The van der Waals surface area contributed by atoms with Crippen molar-refractivity contribution in [2.45, 2.75) is 38.0 Å². The van der Waals surface area contributed by atoms with Crippen LogP contribution in [0.1, 0.15) is 49.1 Å². The Morgan fingerprint density at radius 1 is 1.10 bits per heavy atom. The largest absolute Gasteiger partial charge is 0.503 e. The predicted octanol–water partition coefficient (Wildman–Crippen LogP) is 4.57. The van der Waals surface area contributed by atoms with E-state index in [1.807, 2.05) is 31.2 Å². The molecule has 1 amide bonds. The number of allylic oxidation sites excluding steroid dienone is 2. The van der Waals surface area contributed by atoms with Crippen LogP contribution in [0.3, 0.4) is 0 Å². The number of ether oxygens (including phenoxy) is 2. The van der Waals surface area contributed by atoms with Crippen molar-refractivity contribution in [3.05, 3.63) is 63.3 Å². The van der Waals surface area contributed by atoms with E-state index in [9.17, 15) is 14.7 Å². The number of methoxy groups -OCH3 is 1. The normalized spacial score (nSPS) is 20.9. The third-order valence-electron chi connectivity index (χ3n) is 5.87. The first-order chi connectivity index (χ1) is 14.9. The Hall–Kier alpha value is -2.80. The molecular weight excluding hydrogens is 462 g/mol. The van der Waals surface area contributed by atoms with Gasteiger partial charge in [-0.15, -0.1) is 0 Å². The zero-order chi connectivity index (χ0) is 22.1. The van der Waals surface area contributed by atoms with Gasteiger partial charge in [0.25, 0.3) is 0 Å². The second-order valence-electron chi connectivity index (χ2n) is 7.78. The molecular formula is C24H24BrNO5. The van der Waals surface area contributed by atoms with Crippen molar-refractivity contribution in [1.29, 1.82) is 0 Å². The molecule has 162 valence electrons. The second kappa shape index (κ2) is 8.75. The summed E-state index contributed by atoms with van der Waals surface area (Å²) in [5.41, 5.74) is 3.16. The molecule has 2 aromatic carbocycles. The number of Topliss-reactive ketones (excluding diaryl/α,β-unsaturated/α-hetero) is 1. The summed E-state index contributed by atoms with van der Waals surface area (Å²) in [5.74, 6) is 0.635. The number of nitrogens with one attached hydrogen (secondary N) is 1. The molecule has 7 heteroatoms. The van der Waals surface area contributed by atoms with Crippen molar-refractivity contribution >= 4 is 27.6 Å². The highest BCUT2D eigenvalue weighted by Gasteiger charge is 2.38. The summed E-state index contributed by atoms with van der Waals surface area (Å²) >= 11 is 3.34. The number of phenols is 1. The summed E-state index contributed by atoms with van der Waals surface area (Å²) in [5, 5.41) is 13.1. The molecule has 6 nitrogen and oxygen atoms in total. The lowest BCUT2D eigenvalue weighted by Gasteiger charge is -2.34. The standard InChI is InChI=1S/C24H24BrNO5/c1-3-31-16-6-4-13(5-7-16)14-9-19-23(20(27)10-14)17(12-22(28)26-19)15-8-18(25)24(29)21(11-15)30-2/h4-8,11,14,17,29H,3,9-10,12H2,1-2H3,(H,26,28). The number of rotatable bonds is 5. The minimum absolute atomic E-state index is 0.00191. The average molecular weight is 486 g/mol. The molecule has 1 heterocycles. The van der Waals surface area contributed by atoms with Crippen molar-refractivity contribution in [3.63, 3.8) is 0 Å². The number of halogens is 1. The third-order valence-corrected chi connectivity index (χ3v) is 6.48. The maximum Gasteiger partial charge on any atom is 0.225 e. The highest BCUT2D eigenvalue weighted by Crippen LogP contribution is 2.45. The molecule has 0 radical (unpaired) electrons. The molecule has 2 aromatic rings. The van der Waals surface area contributed by atoms with E-state index in [4.69, 9.17) is 9.47 Å². The van der Waals surface area contributed by atoms with Gasteiger partial charge >= 0.3 is 0 Å². The SMILES string of the molecule is CCOc1ccc(C2CC(=O)C3=C(C2)NC(=O)CC3c2cc(Br)c(O)c(OC)c2)cc1. The van der Waals surface area contributed by atoms with Gasteiger partial charge in [-0.05, 0) is 70.6 Å². The molecule has 2 N–H and O–H groups in total. The fourth-order valence-corrected chi connectivity index (χ4v) is 4.89. The summed E-state index contributed by atoms with van der Waals surface area (Å²) in [6, 6.07) is 11.2. The average Bonchev–Trinajstić information content (AvgIpc) is 2.75. The van der Waals surface area contributed by atoms with E-state index in [1.165, 1.54) is 7.11 Å². The Labute approximate surface area is 189 Å². The second-order valence-corrected chi connectivity index (χ2v) is 8.64. The van der Waals surface area contributed by atoms with E-state index < -0.39 is 0 Å². The molecule has 0 saturated carbocycles. The van der Waals surface area contributed by atoms with Crippen molar-refractivity contribution in [2.24, 2.45) is 0 Å². The van der Waals surface area contributed by atoms with Crippen molar-refractivity contribution in [2.75, 3.05) is 13.7 Å². The number of hydrogen-bond donors (Lipinski definition) is 2. The van der Waals surface area contributed by atoms with Crippen LogP contribution < -0.4 is 14.8 Å². The lowest BCUT2D eigenvalue weighted by Crippen LogP contribution is -2.38. The number of aromatic hydroxyl groups is 1. The van der Waals surface area contributed by atoms with Crippen LogP contribution in [-0.2, 0) is 9.59 Å². The number of ketones is 1. The van der Waals surface area contributed by atoms with Gasteiger partial charge < -0.3 is 19.9 Å². The van der Waals surface area contributed by atoms with Gasteiger partial charge in [0.05, 0.1) is 18.2 Å². The van der Waals surface area contributed by atoms with Crippen LogP contribution in [0.25, 0.3) is 0 Å². The molecule has 0 aromatic heterocycles. The van der Waals surface area contributed by atoms with Gasteiger partial charge in [0.15, 0.2) is 17.3 Å². The highest BCUT2D eigenvalue weighted by atomic mass is 79.9. The first-order valence-corrected chi connectivity index (χ1v) is 11.1. The third kappa shape index (κ3) is 4.19. The van der Waals surface area contributed by atoms with Crippen molar-refractivity contribution in [1.82, 2.24) is 5.32 Å². The number of carbonyl (C=O) groups excluding carboxylic acids is 2. The lowest BCUT2D eigenvalue weighted by atomic mass is 9.73. The fourth-order valence-electron chi connectivity index (χ4n) is 4.43. The molecule has 1 aliphatic carbocycles. The molecule has 4 rings (SSSR count). The molecule has 1 aliphatic heterocycles. The zero-order valence-electron chi connectivity index (χ0n) is 17.4. The minimum atomic E-state index is -0.372. The maximum absolute atomic E-state index is 13.3. The molecule has 2 unspecified atom stereocenters. The summed E-state index contributed by atoms with van der Waals surface area (Å²) in [4.78, 5) is 25.8. The monoisotopic (exact) mass is 485 g/mol.